The Balaban J connectivity index is 2.12. The van der Waals surface area contributed by atoms with Crippen LogP contribution in [0.4, 0.5) is 10.5 Å². The molecule has 0 spiro atoms. The Morgan fingerprint density at radius 3 is 2.62 bits per heavy atom. The number of urea groups is 1. The Hall–Kier alpha value is -2.04. The van der Waals surface area contributed by atoms with Crippen molar-refractivity contribution in [3.63, 3.8) is 0 Å². The first-order valence-corrected chi connectivity index (χ1v) is 7.22. The number of carbonyl (C=O) groups is 2. The van der Waals surface area contributed by atoms with Crippen LogP contribution in [-0.4, -0.2) is 23.1 Å². The Morgan fingerprint density at radius 1 is 1.33 bits per heavy atom. The van der Waals surface area contributed by atoms with Crippen molar-refractivity contribution in [3.05, 3.63) is 29.3 Å². The van der Waals surface area contributed by atoms with Crippen LogP contribution in [0.5, 0.6) is 0 Å². The summed E-state index contributed by atoms with van der Waals surface area (Å²) in [4.78, 5) is 23.4. The molecule has 1 aliphatic rings. The molecular formula is C16H22N2O3. The number of benzene rings is 1. The van der Waals surface area contributed by atoms with Gasteiger partial charge in [0.2, 0.25) is 0 Å². The third-order valence-corrected chi connectivity index (χ3v) is 4.30. The first-order valence-electron chi connectivity index (χ1n) is 7.22. The molecule has 21 heavy (non-hydrogen) atoms. The second-order valence-electron chi connectivity index (χ2n) is 6.33. The van der Waals surface area contributed by atoms with Gasteiger partial charge in [-0.2, -0.15) is 0 Å². The Morgan fingerprint density at radius 2 is 2.05 bits per heavy atom. The smallest absolute Gasteiger partial charge is 0.337 e. The molecule has 2 amide bonds. The molecule has 0 saturated heterocycles. The number of nitrogens with one attached hydrogen (secondary N) is 2. The molecule has 1 fully saturated rings. The molecule has 0 radical (unpaired) electrons. The highest BCUT2D eigenvalue weighted by Crippen LogP contribution is 2.37. The van der Waals surface area contributed by atoms with Gasteiger partial charge in [-0.25, -0.2) is 9.59 Å². The number of hydrogen-bond acceptors (Lipinski definition) is 2. The normalized spacial score (nSPS) is 20.0. The molecule has 114 valence electrons. The summed E-state index contributed by atoms with van der Waals surface area (Å²) in [6.45, 7) is 6.06. The van der Waals surface area contributed by atoms with Crippen LogP contribution in [0.1, 0.15) is 49.0 Å². The predicted octanol–water partition coefficient (Wildman–Crippen LogP) is 3.39. The van der Waals surface area contributed by atoms with Crippen molar-refractivity contribution in [2.75, 3.05) is 5.32 Å². The molecule has 0 bridgehead atoms. The molecule has 1 aromatic rings. The fraction of sp³-hybridized carbons (Fsp3) is 0.500. The average molecular weight is 290 g/mol. The molecule has 1 saturated carbocycles. The lowest BCUT2D eigenvalue weighted by atomic mass is 9.87. The summed E-state index contributed by atoms with van der Waals surface area (Å²) in [5, 5.41) is 14.9. The van der Waals surface area contributed by atoms with Crippen molar-refractivity contribution in [1.82, 2.24) is 5.32 Å². The molecule has 0 heterocycles. The maximum atomic E-state index is 12.2. The van der Waals surface area contributed by atoms with Gasteiger partial charge in [0, 0.05) is 6.04 Å². The minimum Gasteiger partial charge on any atom is -0.478 e. The fourth-order valence-corrected chi connectivity index (χ4v) is 2.91. The molecule has 1 unspecified atom stereocenters. The second kappa shape index (κ2) is 5.76. The van der Waals surface area contributed by atoms with Crippen molar-refractivity contribution in [2.45, 2.75) is 46.1 Å². The van der Waals surface area contributed by atoms with Gasteiger partial charge in [0.25, 0.3) is 0 Å². The number of aryl methyl sites for hydroxylation is 1. The number of carboxylic acids is 1. The number of amides is 2. The minimum absolute atomic E-state index is 0.0820. The van der Waals surface area contributed by atoms with E-state index >= 15 is 0 Å². The highest BCUT2D eigenvalue weighted by Gasteiger charge is 2.35. The van der Waals surface area contributed by atoms with Crippen LogP contribution in [0.25, 0.3) is 0 Å². The van der Waals surface area contributed by atoms with Crippen LogP contribution in [0, 0.1) is 12.3 Å². The molecular weight excluding hydrogens is 268 g/mol. The zero-order valence-electron chi connectivity index (χ0n) is 12.7. The average Bonchev–Trinajstić information content (AvgIpc) is 2.71. The second-order valence-corrected chi connectivity index (χ2v) is 6.33. The van der Waals surface area contributed by atoms with Gasteiger partial charge in [-0.05, 0) is 36.8 Å². The van der Waals surface area contributed by atoms with Crippen molar-refractivity contribution < 1.29 is 14.7 Å². The highest BCUT2D eigenvalue weighted by molar-refractivity contribution is 6.01. The van der Waals surface area contributed by atoms with Crippen LogP contribution in [-0.2, 0) is 0 Å². The van der Waals surface area contributed by atoms with Gasteiger partial charge in [-0.15, -0.1) is 0 Å². The van der Waals surface area contributed by atoms with Gasteiger partial charge in [0.15, 0.2) is 0 Å². The van der Waals surface area contributed by atoms with Crippen LogP contribution in [0.2, 0.25) is 0 Å². The number of carboxylic acid groups (broad SMARTS) is 1. The van der Waals surface area contributed by atoms with Gasteiger partial charge in [0.05, 0.1) is 11.3 Å². The maximum absolute atomic E-state index is 12.2. The van der Waals surface area contributed by atoms with Gasteiger partial charge < -0.3 is 15.7 Å². The van der Waals surface area contributed by atoms with Crippen LogP contribution in [0.3, 0.4) is 0 Å². The molecule has 0 aliphatic heterocycles. The van der Waals surface area contributed by atoms with E-state index in [1.165, 1.54) is 6.07 Å². The summed E-state index contributed by atoms with van der Waals surface area (Å²) in [6, 6.07) is 4.72. The monoisotopic (exact) mass is 290 g/mol. The topological polar surface area (TPSA) is 78.4 Å². The predicted molar refractivity (Wildman–Crippen MR) is 81.7 cm³/mol. The Bertz CT molecular complexity index is 567. The first kappa shape index (κ1) is 15.4. The van der Waals surface area contributed by atoms with E-state index in [1.807, 2.05) is 0 Å². The van der Waals surface area contributed by atoms with E-state index in [-0.39, 0.29) is 23.1 Å². The van der Waals surface area contributed by atoms with E-state index in [0.29, 0.717) is 5.69 Å². The number of hydrogen-bond donors (Lipinski definition) is 3. The van der Waals surface area contributed by atoms with E-state index in [9.17, 15) is 14.7 Å². The zero-order chi connectivity index (χ0) is 15.6. The summed E-state index contributed by atoms with van der Waals surface area (Å²) < 4.78 is 0. The molecule has 3 N–H and O–H groups in total. The van der Waals surface area contributed by atoms with Crippen molar-refractivity contribution in [1.29, 1.82) is 0 Å². The van der Waals surface area contributed by atoms with Gasteiger partial charge in [-0.1, -0.05) is 32.4 Å². The molecule has 1 aliphatic carbocycles. The third-order valence-electron chi connectivity index (χ3n) is 4.30. The number of anilines is 1. The van der Waals surface area contributed by atoms with Crippen molar-refractivity contribution >= 4 is 17.7 Å². The first-order chi connectivity index (χ1) is 9.81. The molecule has 2 rings (SSSR count). The summed E-state index contributed by atoms with van der Waals surface area (Å²) in [6.07, 6.45) is 3.14. The van der Waals surface area contributed by atoms with Crippen LogP contribution < -0.4 is 10.6 Å². The fourth-order valence-electron chi connectivity index (χ4n) is 2.91. The third kappa shape index (κ3) is 3.35. The van der Waals surface area contributed by atoms with E-state index in [4.69, 9.17) is 0 Å². The zero-order valence-corrected chi connectivity index (χ0v) is 12.7. The molecule has 1 atom stereocenters. The Labute approximate surface area is 124 Å². The number of rotatable bonds is 3. The van der Waals surface area contributed by atoms with E-state index in [2.05, 4.69) is 24.5 Å². The number of carbonyl (C=O) groups excluding carboxylic acids is 1. The quantitative estimate of drug-likeness (QED) is 0.798. The van der Waals surface area contributed by atoms with Gasteiger partial charge in [-0.3, -0.25) is 0 Å². The molecule has 1 aromatic carbocycles. The van der Waals surface area contributed by atoms with Gasteiger partial charge in [0.1, 0.15) is 0 Å². The lowest BCUT2D eigenvalue weighted by Gasteiger charge is -2.28. The summed E-state index contributed by atoms with van der Waals surface area (Å²) in [7, 11) is 0. The molecule has 0 aromatic heterocycles. The molecule has 5 nitrogen and oxygen atoms in total. The lowest BCUT2D eigenvalue weighted by Crippen LogP contribution is -2.43. The van der Waals surface area contributed by atoms with Crippen molar-refractivity contribution in [3.8, 4) is 0 Å². The standard InChI is InChI=1S/C16H22N2O3/c1-10-6-4-7-11(14(19)20)13(10)18-15(21)17-12-8-5-9-16(12,2)3/h4,6-7,12H,5,8-9H2,1-3H3,(H,19,20)(H2,17,18,21). The van der Waals surface area contributed by atoms with Crippen molar-refractivity contribution in [2.24, 2.45) is 5.41 Å². The molecule has 5 heteroatoms. The summed E-state index contributed by atoms with van der Waals surface area (Å²) in [5.41, 5.74) is 1.28. The number of aromatic carboxylic acids is 1. The van der Waals surface area contributed by atoms with E-state index in [0.717, 1.165) is 24.8 Å². The minimum atomic E-state index is -1.05. The number of para-hydroxylation sites is 1. The highest BCUT2D eigenvalue weighted by atomic mass is 16.4. The Kier molecular flexibility index (Phi) is 4.21. The van der Waals surface area contributed by atoms with Crippen LogP contribution >= 0.6 is 0 Å². The summed E-state index contributed by atoms with van der Waals surface area (Å²) >= 11 is 0. The van der Waals surface area contributed by atoms with E-state index in [1.54, 1.807) is 19.1 Å². The largest absolute Gasteiger partial charge is 0.478 e. The lowest BCUT2D eigenvalue weighted by molar-refractivity contribution is 0.0698. The van der Waals surface area contributed by atoms with Crippen LogP contribution in [0.15, 0.2) is 18.2 Å². The van der Waals surface area contributed by atoms with E-state index < -0.39 is 5.97 Å². The maximum Gasteiger partial charge on any atom is 0.337 e. The SMILES string of the molecule is Cc1cccc(C(=O)O)c1NC(=O)NC1CCCC1(C)C. The van der Waals surface area contributed by atoms with Gasteiger partial charge >= 0.3 is 12.0 Å². The summed E-state index contributed by atoms with van der Waals surface area (Å²) in [5.74, 6) is -1.05.